The summed E-state index contributed by atoms with van der Waals surface area (Å²) in [5.74, 6) is -29.4. The smallest absolute Gasteiger partial charge is 0.317 e. The zero-order chi connectivity index (χ0) is 37.5. The maximum atomic E-state index is 16.2. The van der Waals surface area contributed by atoms with Crippen LogP contribution in [0.1, 0.15) is 140 Å². The fraction of sp³-hybridized carbons (Fsp3) is 0.886. The van der Waals surface area contributed by atoms with E-state index in [0.29, 0.717) is 12.8 Å². The summed E-state index contributed by atoms with van der Waals surface area (Å²) in [6.45, 7) is 9.51. The minimum atomic E-state index is -4.63. The average Bonchev–Trinajstić information content (AvgIpc) is 3.82. The molecule has 14 heteroatoms. The van der Waals surface area contributed by atoms with E-state index in [9.17, 15) is 43.0 Å². The van der Waals surface area contributed by atoms with Gasteiger partial charge in [-0.05, 0) is 94.3 Å². The Hall–Kier alpha value is -2.77. The molecular weight excluding hydrogens is 764 g/mol. The van der Waals surface area contributed by atoms with Crippen LogP contribution in [0.4, 0.5) is 17.6 Å². The van der Waals surface area contributed by atoms with E-state index in [-0.39, 0.29) is 98.8 Å². The van der Waals surface area contributed by atoms with Gasteiger partial charge in [0, 0.05) is 18.3 Å². The van der Waals surface area contributed by atoms with Crippen LogP contribution in [-0.2, 0) is 38.2 Å². The van der Waals surface area contributed by atoms with Crippen molar-refractivity contribution in [2.75, 3.05) is 13.2 Å². The summed E-state index contributed by atoms with van der Waals surface area (Å²) in [5.41, 5.74) is -1.74. The van der Waals surface area contributed by atoms with E-state index >= 15 is 8.78 Å². The van der Waals surface area contributed by atoms with Gasteiger partial charge < -0.3 is 24.4 Å². The van der Waals surface area contributed by atoms with Crippen molar-refractivity contribution < 1.29 is 66.0 Å². The second-order valence-electron chi connectivity index (χ2n) is 16.8. The average molecular weight is 847 g/mol. The molecule has 0 amide bonds. The number of rotatable bonds is 12. The first-order chi connectivity index (χ1) is 23.1. The molecule has 5 aliphatic rings. The number of fused-ring (bicyclic) bond motifs is 4. The van der Waals surface area contributed by atoms with Gasteiger partial charge in [-0.25, -0.2) is 8.78 Å². The van der Waals surface area contributed by atoms with Crippen LogP contribution in [0.2, 0.25) is 0 Å². The molecule has 0 aromatic heterocycles. The van der Waals surface area contributed by atoms with Crippen LogP contribution in [0.5, 0.6) is 0 Å². The van der Waals surface area contributed by atoms with Gasteiger partial charge in [0.25, 0.3) is 0 Å². The second kappa shape index (κ2) is 21.2. The summed E-state index contributed by atoms with van der Waals surface area (Å²) in [5, 5.41) is 20.6. The monoisotopic (exact) mass is 847 g/mol. The summed E-state index contributed by atoms with van der Waals surface area (Å²) in [6.07, 6.45) is 0.966. The molecule has 0 spiro atoms. The quantitative estimate of drug-likeness (QED) is 0.0840. The highest BCUT2D eigenvalue weighted by Crippen LogP contribution is 2.72. The molecule has 4 saturated carbocycles. The van der Waals surface area contributed by atoms with Crippen molar-refractivity contribution in [3.63, 3.8) is 0 Å². The predicted octanol–water partition coefficient (Wildman–Crippen LogP) is 10.5. The molecular formula is C44H82F4O10. The molecule has 58 heavy (non-hydrogen) atoms. The van der Waals surface area contributed by atoms with Crippen molar-refractivity contribution in [1.82, 2.24) is 0 Å². The summed E-state index contributed by atoms with van der Waals surface area (Å²) in [4.78, 5) is 66.1. The van der Waals surface area contributed by atoms with Crippen LogP contribution in [0, 0.1) is 82.3 Å². The van der Waals surface area contributed by atoms with E-state index in [1.165, 1.54) is 6.92 Å². The van der Waals surface area contributed by atoms with E-state index in [1.807, 2.05) is 13.8 Å². The van der Waals surface area contributed by atoms with Gasteiger partial charge in [0.2, 0.25) is 0 Å². The van der Waals surface area contributed by atoms with Crippen LogP contribution in [0.3, 0.4) is 0 Å². The van der Waals surface area contributed by atoms with Gasteiger partial charge in [-0.2, -0.15) is 8.78 Å². The molecule has 4 bridgehead atoms. The van der Waals surface area contributed by atoms with Gasteiger partial charge in [-0.15, -0.1) is 0 Å². The number of esters is 4. The SMILES string of the molecule is C.C.C.C.C.C.C.C.CCC(CC)(CO)COC(=O)C1C2CC(C1C(=O)O)C(C1C3CC(C(=O)OC(C)(C)C)C(C3)C1C(F)(F)C(C)(F)F)C2C1C(=O)OC(=O)C1C. The van der Waals surface area contributed by atoms with Crippen LogP contribution in [0.15, 0.2) is 0 Å². The van der Waals surface area contributed by atoms with E-state index in [2.05, 4.69) is 0 Å². The van der Waals surface area contributed by atoms with Crippen LogP contribution >= 0.6 is 0 Å². The number of halogens is 4. The molecule has 1 saturated heterocycles. The highest BCUT2D eigenvalue weighted by atomic mass is 19.3. The molecule has 0 aromatic rings. The van der Waals surface area contributed by atoms with Crippen molar-refractivity contribution in [1.29, 1.82) is 0 Å². The Morgan fingerprint density at radius 2 is 1.26 bits per heavy atom. The molecule has 1 aliphatic heterocycles. The summed E-state index contributed by atoms with van der Waals surface area (Å²) in [7, 11) is 0. The van der Waals surface area contributed by atoms with Gasteiger partial charge >= 0.3 is 41.7 Å². The number of aliphatic carboxylic acids is 1. The second-order valence-corrected chi connectivity index (χ2v) is 16.8. The van der Waals surface area contributed by atoms with Gasteiger partial charge in [-0.1, -0.05) is 80.2 Å². The number of hydrogen-bond donors (Lipinski definition) is 2. The third-order valence-electron chi connectivity index (χ3n) is 13.2. The fourth-order valence-electron chi connectivity index (χ4n) is 10.8. The van der Waals surface area contributed by atoms with Gasteiger partial charge in [-0.3, -0.25) is 24.0 Å². The van der Waals surface area contributed by atoms with E-state index in [4.69, 9.17) is 14.2 Å². The predicted molar refractivity (Wildman–Crippen MR) is 220 cm³/mol. The Bertz CT molecular complexity index is 1380. The first-order valence-electron chi connectivity index (χ1n) is 17.8. The standard InChI is InChI=1S/C36H50F4O10.8CH4/c1-8-35(9-2,13-41)14-48-31(46)26-20-12-19(25(26)28(42)43)24(23(20)21-15(3)29(44)49-32(21)47)22-16-10-17(27(22)36(39,40)34(7,37)38)18(11-16)30(45)50-33(4,5)6;;;;;;;;/h15-27,41H,8-14H2,1-7H3,(H,42,43);8*1H4. The number of carbonyl (C=O) groups is 5. The normalized spacial score (nSPS) is 33.1. The van der Waals surface area contributed by atoms with Crippen LogP contribution in [0.25, 0.3) is 0 Å². The molecule has 4 aliphatic carbocycles. The molecule has 2 N–H and O–H groups in total. The van der Waals surface area contributed by atoms with E-state index in [0.717, 1.165) is 0 Å². The molecule has 5 fully saturated rings. The number of aliphatic hydroxyl groups is 1. The lowest BCUT2D eigenvalue weighted by Gasteiger charge is -2.50. The van der Waals surface area contributed by atoms with Gasteiger partial charge in [0.15, 0.2) is 0 Å². The van der Waals surface area contributed by atoms with E-state index in [1.54, 1.807) is 20.8 Å². The number of hydrogen-bond acceptors (Lipinski definition) is 9. The molecule has 1 heterocycles. The lowest BCUT2D eigenvalue weighted by molar-refractivity contribution is -0.254. The number of alkyl halides is 4. The number of cyclic esters (lactones) is 2. The molecule has 0 radical (unpaired) electrons. The third-order valence-corrected chi connectivity index (χ3v) is 13.2. The van der Waals surface area contributed by atoms with Gasteiger partial charge in [0.1, 0.15) is 5.60 Å². The highest BCUT2D eigenvalue weighted by molar-refractivity contribution is 5.96. The Balaban J connectivity index is -0.00000182. The van der Waals surface area contributed by atoms with E-state index < -0.39 is 130 Å². The van der Waals surface area contributed by atoms with Crippen molar-refractivity contribution in [2.45, 2.75) is 157 Å². The molecule has 5 rings (SSSR count). The molecule has 13 unspecified atom stereocenters. The number of carbonyl (C=O) groups excluding carboxylic acids is 4. The zero-order valence-electron chi connectivity index (χ0n) is 29.6. The number of carboxylic acid groups (broad SMARTS) is 1. The van der Waals surface area contributed by atoms with Crippen LogP contribution in [-0.4, -0.2) is 70.7 Å². The number of aliphatic hydroxyl groups excluding tert-OH is 1. The topological polar surface area (TPSA) is 154 Å². The van der Waals surface area contributed by atoms with Crippen LogP contribution < -0.4 is 0 Å². The summed E-state index contributed by atoms with van der Waals surface area (Å²) in [6, 6.07) is 0. The fourth-order valence-corrected chi connectivity index (χ4v) is 10.8. The molecule has 346 valence electrons. The number of carboxylic acids is 1. The Kier molecular flexibility index (Phi) is 22.6. The minimum absolute atomic E-state index is 0. The molecule has 13 atom stereocenters. The molecule has 10 nitrogen and oxygen atoms in total. The summed E-state index contributed by atoms with van der Waals surface area (Å²) >= 11 is 0. The van der Waals surface area contributed by atoms with Crippen molar-refractivity contribution in [3.05, 3.63) is 0 Å². The number of ether oxygens (including phenoxy) is 3. The minimum Gasteiger partial charge on any atom is -0.481 e. The maximum absolute atomic E-state index is 16.2. The molecule has 0 aromatic carbocycles. The lowest BCUT2D eigenvalue weighted by Crippen LogP contribution is -2.57. The first kappa shape index (κ1) is 61.9. The first-order valence-corrected chi connectivity index (χ1v) is 17.8. The Morgan fingerprint density at radius 1 is 0.741 bits per heavy atom. The Labute approximate surface area is 348 Å². The highest BCUT2D eigenvalue weighted by Gasteiger charge is 2.75. The van der Waals surface area contributed by atoms with Crippen molar-refractivity contribution >= 4 is 29.8 Å². The van der Waals surface area contributed by atoms with Crippen molar-refractivity contribution in [3.8, 4) is 0 Å². The zero-order valence-corrected chi connectivity index (χ0v) is 29.6. The van der Waals surface area contributed by atoms with Gasteiger partial charge in [0.05, 0.1) is 42.8 Å². The maximum Gasteiger partial charge on any atom is 0.317 e. The van der Waals surface area contributed by atoms with Crippen molar-refractivity contribution in [2.24, 2.45) is 82.3 Å². The Morgan fingerprint density at radius 3 is 1.67 bits per heavy atom. The summed E-state index contributed by atoms with van der Waals surface area (Å²) < 4.78 is 78.6. The lowest BCUT2D eigenvalue weighted by atomic mass is 9.54. The third kappa shape index (κ3) is 10.0. The largest absolute Gasteiger partial charge is 0.481 e.